The van der Waals surface area contributed by atoms with Gasteiger partial charge < -0.3 is 14.8 Å². The minimum Gasteiger partial charge on any atom is -0.466 e. The number of fused-ring (bicyclic) bond motifs is 1. The van der Waals surface area contributed by atoms with Gasteiger partial charge in [-0.25, -0.2) is 4.79 Å². The number of nitrogens with zero attached hydrogens (tertiary/aromatic N) is 1. The van der Waals surface area contributed by atoms with Crippen LogP contribution in [0.5, 0.6) is 0 Å². The topological polar surface area (TPSA) is 67.9 Å². The minimum atomic E-state index is -0.313. The van der Waals surface area contributed by atoms with Crippen molar-refractivity contribution >= 4 is 17.6 Å². The van der Waals surface area contributed by atoms with E-state index < -0.39 is 0 Å². The third kappa shape index (κ3) is 2.32. The fourth-order valence-corrected chi connectivity index (χ4v) is 6.83. The van der Waals surface area contributed by atoms with Crippen LogP contribution in [0.15, 0.2) is 35.5 Å². The summed E-state index contributed by atoms with van der Waals surface area (Å²) >= 11 is 0. The van der Waals surface area contributed by atoms with Gasteiger partial charge in [0.2, 0.25) is 0 Å². The predicted molar refractivity (Wildman–Crippen MR) is 108 cm³/mol. The molecule has 3 aliphatic heterocycles. The van der Waals surface area contributed by atoms with E-state index in [2.05, 4.69) is 28.4 Å². The zero-order valence-electron chi connectivity index (χ0n) is 17.3. The molecule has 154 valence electrons. The largest absolute Gasteiger partial charge is 0.466 e. The smallest absolute Gasteiger partial charge is 0.335 e. The van der Waals surface area contributed by atoms with Gasteiger partial charge in [-0.15, -0.1) is 0 Å². The van der Waals surface area contributed by atoms with E-state index in [0.717, 1.165) is 43.7 Å². The van der Waals surface area contributed by atoms with Crippen molar-refractivity contribution in [3.63, 3.8) is 0 Å². The molecule has 0 bridgehead atoms. The molecule has 3 heterocycles. The van der Waals surface area contributed by atoms with E-state index in [1.165, 1.54) is 19.6 Å². The lowest BCUT2D eigenvalue weighted by Gasteiger charge is -2.57. The first-order valence-electron chi connectivity index (χ1n) is 10.5. The molecule has 29 heavy (non-hydrogen) atoms. The van der Waals surface area contributed by atoms with Gasteiger partial charge in [0, 0.05) is 29.8 Å². The number of ether oxygens (including phenoxy) is 2. The molecule has 0 aromatic heterocycles. The van der Waals surface area contributed by atoms with E-state index in [4.69, 9.17) is 9.47 Å². The molecule has 1 aromatic carbocycles. The first kappa shape index (κ1) is 18.7. The fourth-order valence-electron chi connectivity index (χ4n) is 6.83. The van der Waals surface area contributed by atoms with Crippen LogP contribution in [0.25, 0.3) is 0 Å². The maximum absolute atomic E-state index is 13.0. The van der Waals surface area contributed by atoms with Crippen molar-refractivity contribution in [2.24, 2.45) is 5.41 Å². The molecule has 0 saturated carbocycles. The molecule has 6 nitrogen and oxygen atoms in total. The summed E-state index contributed by atoms with van der Waals surface area (Å²) in [6.45, 7) is 5.50. The molecule has 2 saturated heterocycles. The maximum Gasteiger partial charge on any atom is 0.335 e. The zero-order valence-corrected chi connectivity index (χ0v) is 17.3. The van der Waals surface area contributed by atoms with Crippen LogP contribution in [0.3, 0.4) is 0 Å². The van der Waals surface area contributed by atoms with Crippen molar-refractivity contribution in [2.75, 3.05) is 25.5 Å². The molecule has 4 aliphatic rings. The van der Waals surface area contributed by atoms with Crippen LogP contribution in [-0.2, 0) is 24.5 Å². The maximum atomic E-state index is 13.0. The van der Waals surface area contributed by atoms with Crippen LogP contribution in [-0.4, -0.2) is 49.2 Å². The number of carbonyl (C=O) groups is 2. The summed E-state index contributed by atoms with van der Waals surface area (Å²) in [5.41, 5.74) is 3.45. The Hall–Kier alpha value is -2.34. The number of benzene rings is 1. The van der Waals surface area contributed by atoms with Crippen molar-refractivity contribution in [3.05, 3.63) is 41.1 Å². The summed E-state index contributed by atoms with van der Waals surface area (Å²) in [6, 6.07) is 8.58. The van der Waals surface area contributed by atoms with Gasteiger partial charge in [-0.2, -0.15) is 0 Å². The second kappa shape index (κ2) is 6.33. The monoisotopic (exact) mass is 396 g/mol. The van der Waals surface area contributed by atoms with Gasteiger partial charge >= 0.3 is 11.9 Å². The number of piperidine rings is 1. The average molecular weight is 396 g/mol. The highest BCUT2D eigenvalue weighted by atomic mass is 16.5. The molecule has 1 N–H and O–H groups in total. The highest BCUT2D eigenvalue weighted by Gasteiger charge is 2.68. The molecule has 5 rings (SSSR count). The Morgan fingerprint density at radius 2 is 2.03 bits per heavy atom. The lowest BCUT2D eigenvalue weighted by atomic mass is 9.53. The van der Waals surface area contributed by atoms with Gasteiger partial charge in [-0.3, -0.25) is 9.69 Å². The first-order chi connectivity index (χ1) is 13.9. The summed E-state index contributed by atoms with van der Waals surface area (Å²) in [5, 5.41) is 3.59. The van der Waals surface area contributed by atoms with Gasteiger partial charge in [0.05, 0.1) is 18.1 Å². The Labute approximate surface area is 171 Å². The minimum absolute atomic E-state index is 0.192. The molecule has 1 aliphatic carbocycles. The van der Waals surface area contributed by atoms with Crippen molar-refractivity contribution < 1.29 is 19.1 Å². The van der Waals surface area contributed by atoms with Crippen molar-refractivity contribution in [1.82, 2.24) is 4.90 Å². The van der Waals surface area contributed by atoms with E-state index in [0.29, 0.717) is 12.0 Å². The van der Waals surface area contributed by atoms with Crippen LogP contribution in [0.4, 0.5) is 5.69 Å². The van der Waals surface area contributed by atoms with Crippen LogP contribution < -0.4 is 5.32 Å². The number of esters is 2. The summed E-state index contributed by atoms with van der Waals surface area (Å²) in [5.74, 6) is -0.549. The number of methoxy groups -OCH3 is 1. The Morgan fingerprint density at radius 3 is 2.79 bits per heavy atom. The number of nitrogens with one attached hydrogen (secondary N) is 1. The average Bonchev–Trinajstić information content (AvgIpc) is 3.27. The van der Waals surface area contributed by atoms with E-state index in [1.807, 2.05) is 13.0 Å². The van der Waals surface area contributed by atoms with Crippen LogP contribution in [0.1, 0.15) is 45.1 Å². The molecule has 4 atom stereocenters. The Kier molecular flexibility index (Phi) is 4.07. The Morgan fingerprint density at radius 1 is 1.24 bits per heavy atom. The predicted octanol–water partition coefficient (Wildman–Crippen LogP) is 2.99. The molecular formula is C23H28N2O4. The molecule has 1 spiro atoms. The van der Waals surface area contributed by atoms with Gasteiger partial charge in [-0.05, 0) is 57.3 Å². The van der Waals surface area contributed by atoms with Gasteiger partial charge in [0.15, 0.2) is 0 Å². The van der Waals surface area contributed by atoms with Gasteiger partial charge in [0.25, 0.3) is 0 Å². The summed E-state index contributed by atoms with van der Waals surface area (Å²) < 4.78 is 11.0. The van der Waals surface area contributed by atoms with Gasteiger partial charge in [0.1, 0.15) is 6.10 Å². The lowest BCUT2D eigenvalue weighted by molar-refractivity contribution is -0.161. The van der Waals surface area contributed by atoms with Crippen LogP contribution in [0.2, 0.25) is 0 Å². The Bertz CT molecular complexity index is 925. The quantitative estimate of drug-likeness (QED) is 0.793. The van der Waals surface area contributed by atoms with Crippen LogP contribution >= 0.6 is 0 Å². The molecule has 2 fully saturated rings. The molecule has 6 heteroatoms. The molecule has 1 aromatic rings. The summed E-state index contributed by atoms with van der Waals surface area (Å²) in [6.07, 6.45) is 3.20. The number of anilines is 1. The van der Waals surface area contributed by atoms with E-state index in [1.54, 1.807) is 0 Å². The van der Waals surface area contributed by atoms with Crippen molar-refractivity contribution in [1.29, 1.82) is 0 Å². The molecule has 0 amide bonds. The normalized spacial score (nSPS) is 33.3. The molecule has 0 radical (unpaired) electrons. The van der Waals surface area contributed by atoms with Crippen LogP contribution in [0, 0.1) is 5.41 Å². The van der Waals surface area contributed by atoms with E-state index >= 15 is 0 Å². The highest BCUT2D eigenvalue weighted by Crippen LogP contribution is 2.65. The van der Waals surface area contributed by atoms with Gasteiger partial charge in [-0.1, -0.05) is 18.2 Å². The fraction of sp³-hybridized carbons (Fsp3) is 0.565. The highest BCUT2D eigenvalue weighted by molar-refractivity contribution is 5.93. The van der Waals surface area contributed by atoms with E-state index in [-0.39, 0.29) is 34.9 Å². The van der Waals surface area contributed by atoms with Crippen molar-refractivity contribution in [3.8, 4) is 0 Å². The molecular weight excluding hydrogens is 368 g/mol. The SMILES string of the molecule is COC(=O)C1=C2Nc3ccccc3[C@@]23CCN2CCC[C@@]([C@H](C)OC(C)=O)(C1)[C@H]23. The lowest BCUT2D eigenvalue weighted by Crippen LogP contribution is -2.64. The number of rotatable bonds is 3. The Balaban J connectivity index is 1.77. The number of carbonyl (C=O) groups excluding carboxylic acids is 2. The zero-order chi connectivity index (χ0) is 20.4. The first-order valence-corrected chi connectivity index (χ1v) is 10.5. The standard InChI is InChI=1S/C23H28N2O4/c1-14(29-15(2)26)22-9-6-11-25-12-10-23(21(22)25)17-7-4-5-8-18(17)24-19(23)16(13-22)20(27)28-3/h4-5,7-8,14,21,24H,6,9-13H2,1-3H3/t14-,21-,22-,23-/m0/s1. The van der Waals surface area contributed by atoms with Crippen molar-refractivity contribution in [2.45, 2.75) is 57.1 Å². The number of para-hydroxylation sites is 1. The second-order valence-electron chi connectivity index (χ2n) is 8.94. The van der Waals surface area contributed by atoms with E-state index in [9.17, 15) is 9.59 Å². The third-order valence-electron chi connectivity index (χ3n) is 7.76. The number of hydrogen-bond donors (Lipinski definition) is 1. The number of hydrogen-bond acceptors (Lipinski definition) is 6. The summed E-state index contributed by atoms with van der Waals surface area (Å²) in [7, 11) is 1.45. The second-order valence-corrected chi connectivity index (χ2v) is 8.94. The third-order valence-corrected chi connectivity index (χ3v) is 7.76. The molecule has 0 unspecified atom stereocenters. The summed E-state index contributed by atoms with van der Waals surface area (Å²) in [4.78, 5) is 27.4.